The van der Waals surface area contributed by atoms with Crippen LogP contribution in [0.25, 0.3) is 0 Å². The van der Waals surface area contributed by atoms with Crippen LogP contribution in [-0.4, -0.2) is 38.3 Å². The number of sulfonamides is 1. The van der Waals surface area contributed by atoms with Crippen molar-refractivity contribution >= 4 is 21.6 Å². The highest BCUT2D eigenvalue weighted by Gasteiger charge is 2.27. The number of amides is 1. The molecule has 3 rings (SSSR count). The minimum Gasteiger partial charge on any atom is -0.484 e. The van der Waals surface area contributed by atoms with Crippen LogP contribution in [-0.2, 0) is 14.8 Å². The predicted molar refractivity (Wildman–Crippen MR) is 94.9 cm³/mol. The van der Waals surface area contributed by atoms with E-state index < -0.39 is 34.2 Å². The van der Waals surface area contributed by atoms with Gasteiger partial charge in [-0.1, -0.05) is 6.07 Å². The molecule has 0 atom stereocenters. The van der Waals surface area contributed by atoms with E-state index in [4.69, 9.17) is 4.74 Å². The van der Waals surface area contributed by atoms with Gasteiger partial charge in [0.05, 0.1) is 4.90 Å². The minimum absolute atomic E-state index is 0.00871. The molecule has 1 aliphatic heterocycles. The first-order valence-electron chi connectivity index (χ1n) is 8.34. The summed E-state index contributed by atoms with van der Waals surface area (Å²) in [7, 11) is -3.59. The molecule has 9 heteroatoms. The molecule has 0 saturated carbocycles. The SMILES string of the molecule is O=C(COc1ccc(F)c(F)c1)Nc1cccc(S(=O)(=O)N2CCCC2)c1. The number of anilines is 1. The molecule has 1 amide bonds. The molecule has 1 N–H and O–H groups in total. The summed E-state index contributed by atoms with van der Waals surface area (Å²) in [5.74, 6) is -2.64. The smallest absolute Gasteiger partial charge is 0.262 e. The van der Waals surface area contributed by atoms with Crippen molar-refractivity contribution in [2.45, 2.75) is 17.7 Å². The van der Waals surface area contributed by atoms with Crippen LogP contribution >= 0.6 is 0 Å². The molecular formula is C18H18F2N2O4S. The number of halogens is 2. The van der Waals surface area contributed by atoms with E-state index in [2.05, 4.69) is 5.32 Å². The van der Waals surface area contributed by atoms with Crippen molar-refractivity contribution < 1.29 is 26.7 Å². The lowest BCUT2D eigenvalue weighted by Crippen LogP contribution is -2.28. The number of hydrogen-bond acceptors (Lipinski definition) is 4. The first-order valence-corrected chi connectivity index (χ1v) is 9.78. The zero-order valence-corrected chi connectivity index (χ0v) is 15.1. The summed E-state index contributed by atoms with van der Waals surface area (Å²) in [6.07, 6.45) is 1.66. The third-order valence-electron chi connectivity index (χ3n) is 4.08. The molecule has 1 aliphatic rings. The molecule has 1 heterocycles. The van der Waals surface area contributed by atoms with Gasteiger partial charge in [-0.3, -0.25) is 4.79 Å². The molecule has 0 spiro atoms. The van der Waals surface area contributed by atoms with E-state index >= 15 is 0 Å². The summed E-state index contributed by atoms with van der Waals surface area (Å²) in [4.78, 5) is 12.1. The maximum Gasteiger partial charge on any atom is 0.262 e. The van der Waals surface area contributed by atoms with Gasteiger partial charge in [0.15, 0.2) is 18.2 Å². The Kier molecular flexibility index (Phi) is 5.71. The first kappa shape index (κ1) is 19.2. The molecule has 144 valence electrons. The van der Waals surface area contributed by atoms with Gasteiger partial charge in [-0.2, -0.15) is 4.31 Å². The lowest BCUT2D eigenvalue weighted by Gasteiger charge is -2.16. The van der Waals surface area contributed by atoms with Crippen LogP contribution in [0.15, 0.2) is 47.4 Å². The summed E-state index contributed by atoms with van der Waals surface area (Å²) < 4.78 is 57.6. The van der Waals surface area contributed by atoms with E-state index in [1.807, 2.05) is 0 Å². The van der Waals surface area contributed by atoms with E-state index in [1.54, 1.807) is 6.07 Å². The van der Waals surface area contributed by atoms with Gasteiger partial charge in [0, 0.05) is 24.8 Å². The van der Waals surface area contributed by atoms with Gasteiger partial charge in [-0.15, -0.1) is 0 Å². The van der Waals surface area contributed by atoms with Crippen molar-refractivity contribution in [2.24, 2.45) is 0 Å². The van der Waals surface area contributed by atoms with Gasteiger partial charge in [0.1, 0.15) is 5.75 Å². The second kappa shape index (κ2) is 8.01. The Balaban J connectivity index is 1.63. The average Bonchev–Trinajstić information content (AvgIpc) is 3.18. The maximum atomic E-state index is 13.1. The fraction of sp³-hybridized carbons (Fsp3) is 0.278. The molecule has 2 aromatic carbocycles. The van der Waals surface area contributed by atoms with Crippen LogP contribution in [0.5, 0.6) is 5.75 Å². The van der Waals surface area contributed by atoms with Crippen LogP contribution in [0.2, 0.25) is 0 Å². The van der Waals surface area contributed by atoms with Gasteiger partial charge in [0.2, 0.25) is 10.0 Å². The van der Waals surface area contributed by atoms with Gasteiger partial charge in [0.25, 0.3) is 5.91 Å². The number of benzene rings is 2. The number of nitrogens with zero attached hydrogens (tertiary/aromatic N) is 1. The monoisotopic (exact) mass is 396 g/mol. The molecule has 1 fully saturated rings. The van der Waals surface area contributed by atoms with Crippen molar-refractivity contribution in [1.29, 1.82) is 0 Å². The Bertz CT molecular complexity index is 944. The number of rotatable bonds is 6. The molecule has 0 aromatic heterocycles. The molecule has 0 aliphatic carbocycles. The predicted octanol–water partition coefficient (Wildman–Crippen LogP) is 2.77. The Morgan fingerprint density at radius 1 is 1.07 bits per heavy atom. The number of carbonyl (C=O) groups excluding carboxylic acids is 1. The van der Waals surface area contributed by atoms with Gasteiger partial charge in [-0.05, 0) is 43.2 Å². The second-order valence-corrected chi connectivity index (χ2v) is 7.99. The topological polar surface area (TPSA) is 75.7 Å². The third kappa shape index (κ3) is 4.61. The Labute approximate surface area is 155 Å². The van der Waals surface area contributed by atoms with Crippen LogP contribution in [0.3, 0.4) is 0 Å². The molecule has 0 radical (unpaired) electrons. The normalized spacial score (nSPS) is 14.9. The molecule has 2 aromatic rings. The largest absolute Gasteiger partial charge is 0.484 e. The lowest BCUT2D eigenvalue weighted by atomic mass is 10.3. The number of carbonyl (C=O) groups is 1. The van der Waals surface area contributed by atoms with Crippen LogP contribution in [0.4, 0.5) is 14.5 Å². The Morgan fingerprint density at radius 2 is 1.81 bits per heavy atom. The zero-order chi connectivity index (χ0) is 19.4. The highest BCUT2D eigenvalue weighted by molar-refractivity contribution is 7.89. The molecule has 6 nitrogen and oxygen atoms in total. The average molecular weight is 396 g/mol. The van der Waals surface area contributed by atoms with E-state index in [-0.39, 0.29) is 10.6 Å². The van der Waals surface area contributed by atoms with E-state index in [0.717, 1.165) is 25.0 Å². The van der Waals surface area contributed by atoms with Crippen LogP contribution in [0, 0.1) is 11.6 Å². The summed E-state index contributed by atoms with van der Waals surface area (Å²) in [5.41, 5.74) is 0.300. The summed E-state index contributed by atoms with van der Waals surface area (Å²) >= 11 is 0. The fourth-order valence-corrected chi connectivity index (χ4v) is 4.29. The lowest BCUT2D eigenvalue weighted by molar-refractivity contribution is -0.118. The second-order valence-electron chi connectivity index (χ2n) is 6.05. The first-order chi connectivity index (χ1) is 12.9. The summed E-state index contributed by atoms with van der Waals surface area (Å²) in [6, 6.07) is 8.88. The number of ether oxygens (including phenoxy) is 1. The van der Waals surface area contributed by atoms with Gasteiger partial charge >= 0.3 is 0 Å². The molecule has 27 heavy (non-hydrogen) atoms. The number of nitrogens with one attached hydrogen (secondary N) is 1. The fourth-order valence-electron chi connectivity index (χ4n) is 2.72. The third-order valence-corrected chi connectivity index (χ3v) is 5.98. The van der Waals surface area contributed by atoms with Gasteiger partial charge < -0.3 is 10.1 Å². The Morgan fingerprint density at radius 3 is 2.52 bits per heavy atom. The summed E-state index contributed by atoms with van der Waals surface area (Å²) in [6.45, 7) is 0.538. The zero-order valence-electron chi connectivity index (χ0n) is 14.3. The van der Waals surface area contributed by atoms with E-state index in [1.165, 1.54) is 28.6 Å². The molecule has 1 saturated heterocycles. The Hall–Kier alpha value is -2.52. The standard InChI is InChI=1S/C18H18F2N2O4S/c19-16-7-6-14(11-17(16)20)26-12-18(23)21-13-4-3-5-15(10-13)27(24,25)22-8-1-2-9-22/h3-7,10-11H,1-2,8-9,12H2,(H,21,23). The van der Waals surface area contributed by atoms with Crippen LogP contribution in [0.1, 0.15) is 12.8 Å². The molecular weight excluding hydrogens is 378 g/mol. The number of hydrogen-bond donors (Lipinski definition) is 1. The molecule has 0 bridgehead atoms. The molecule has 0 unspecified atom stereocenters. The summed E-state index contributed by atoms with van der Waals surface area (Å²) in [5, 5.41) is 2.53. The maximum absolute atomic E-state index is 13.1. The highest BCUT2D eigenvalue weighted by atomic mass is 32.2. The van der Waals surface area contributed by atoms with E-state index in [9.17, 15) is 22.0 Å². The van der Waals surface area contributed by atoms with Crippen molar-refractivity contribution in [3.63, 3.8) is 0 Å². The van der Waals surface area contributed by atoms with Crippen molar-refractivity contribution in [2.75, 3.05) is 25.0 Å². The van der Waals surface area contributed by atoms with Crippen LogP contribution < -0.4 is 10.1 Å². The highest BCUT2D eigenvalue weighted by Crippen LogP contribution is 2.23. The minimum atomic E-state index is -3.59. The van der Waals surface area contributed by atoms with Gasteiger partial charge in [-0.25, -0.2) is 17.2 Å². The van der Waals surface area contributed by atoms with E-state index in [0.29, 0.717) is 18.8 Å². The van der Waals surface area contributed by atoms with Crippen molar-refractivity contribution in [1.82, 2.24) is 4.31 Å². The quantitative estimate of drug-likeness (QED) is 0.815. The van der Waals surface area contributed by atoms with Crippen molar-refractivity contribution in [3.05, 3.63) is 54.1 Å². The van der Waals surface area contributed by atoms with Crippen molar-refractivity contribution in [3.8, 4) is 5.75 Å².